The summed E-state index contributed by atoms with van der Waals surface area (Å²) in [6.07, 6.45) is 4.93. The summed E-state index contributed by atoms with van der Waals surface area (Å²) >= 11 is 0. The first kappa shape index (κ1) is 24.9. The number of pyridine rings is 3. The number of aliphatic hydroxyl groups excluding tert-OH is 1. The second-order valence-corrected chi connectivity index (χ2v) is 8.94. The van der Waals surface area contributed by atoms with Crippen molar-refractivity contribution in [3.05, 3.63) is 95.2 Å². The molecule has 0 bridgehead atoms. The molecule has 0 aliphatic rings. The summed E-state index contributed by atoms with van der Waals surface area (Å²) in [5.74, 6) is 1.67. The fraction of sp³-hybridized carbons (Fsp3) is 0.143. The Kier molecular flexibility index (Phi) is 6.73. The van der Waals surface area contributed by atoms with Crippen LogP contribution < -0.4 is 16.2 Å². The summed E-state index contributed by atoms with van der Waals surface area (Å²) in [5.41, 5.74) is 3.19. The summed E-state index contributed by atoms with van der Waals surface area (Å²) in [5, 5.41) is 24.2. The fourth-order valence-corrected chi connectivity index (χ4v) is 4.37. The Morgan fingerprint density at radius 1 is 1.05 bits per heavy atom. The maximum Gasteiger partial charge on any atom is 0.273 e. The highest BCUT2D eigenvalue weighted by Gasteiger charge is 2.19. The number of rotatable bonds is 9. The number of nitrogens with zero attached hydrogens (tertiary/aromatic N) is 6. The van der Waals surface area contributed by atoms with Gasteiger partial charge in [0, 0.05) is 36.8 Å². The van der Waals surface area contributed by atoms with Crippen molar-refractivity contribution in [3.63, 3.8) is 0 Å². The van der Waals surface area contributed by atoms with Crippen LogP contribution in [-0.2, 0) is 6.54 Å². The van der Waals surface area contributed by atoms with Gasteiger partial charge in [-0.1, -0.05) is 35.5 Å². The molecule has 5 heterocycles. The van der Waals surface area contributed by atoms with Gasteiger partial charge in [-0.25, -0.2) is 9.97 Å². The highest BCUT2D eigenvalue weighted by Crippen LogP contribution is 2.33. The van der Waals surface area contributed by atoms with E-state index < -0.39 is 6.04 Å². The van der Waals surface area contributed by atoms with Crippen molar-refractivity contribution < 1.29 is 9.63 Å². The molecule has 0 amide bonds. The van der Waals surface area contributed by atoms with E-state index in [0.717, 1.165) is 11.1 Å². The van der Waals surface area contributed by atoms with E-state index in [1.807, 2.05) is 37.3 Å². The van der Waals surface area contributed by atoms with Crippen LogP contribution in [0.15, 0.2) is 88.6 Å². The molecule has 0 aliphatic heterocycles. The Morgan fingerprint density at radius 3 is 2.65 bits per heavy atom. The maximum atomic E-state index is 12.2. The highest BCUT2D eigenvalue weighted by molar-refractivity contribution is 5.79. The summed E-state index contributed by atoms with van der Waals surface area (Å²) in [6, 6.07) is 18.0. The van der Waals surface area contributed by atoms with Gasteiger partial charge in [0.2, 0.25) is 5.82 Å². The number of fused-ring (bicyclic) bond motifs is 1. The highest BCUT2D eigenvalue weighted by atomic mass is 16.5. The largest absolute Gasteiger partial charge is 0.394 e. The molecule has 0 spiro atoms. The van der Waals surface area contributed by atoms with Crippen molar-refractivity contribution in [2.75, 3.05) is 17.2 Å². The molecule has 12 nitrogen and oxygen atoms in total. The van der Waals surface area contributed by atoms with Gasteiger partial charge < -0.3 is 20.3 Å². The molecule has 40 heavy (non-hydrogen) atoms. The quantitative estimate of drug-likeness (QED) is 0.212. The SMILES string of the molecule is CCn1[nH]c(=O)c2ccc(Nc3cc(N[C@H](CO)c4ccccc4)c(-c4nc(-c5ccncc5)no4)cn3)nc21. The number of anilines is 3. The number of H-pyrrole nitrogens is 1. The van der Waals surface area contributed by atoms with Crippen molar-refractivity contribution in [3.8, 4) is 22.8 Å². The molecule has 0 fully saturated rings. The van der Waals surface area contributed by atoms with Crippen LogP contribution in [-0.4, -0.2) is 46.6 Å². The molecule has 0 aliphatic carbocycles. The Bertz CT molecular complexity index is 1810. The third-order valence-electron chi connectivity index (χ3n) is 6.40. The average molecular weight is 536 g/mol. The van der Waals surface area contributed by atoms with Gasteiger partial charge in [-0.05, 0) is 36.8 Å². The van der Waals surface area contributed by atoms with E-state index in [1.165, 1.54) is 0 Å². The Balaban J connectivity index is 1.38. The third-order valence-corrected chi connectivity index (χ3v) is 6.40. The number of aromatic amines is 1. The minimum absolute atomic E-state index is 0.152. The molecule has 0 saturated carbocycles. The Morgan fingerprint density at radius 2 is 1.88 bits per heavy atom. The van der Waals surface area contributed by atoms with Crippen molar-refractivity contribution in [2.45, 2.75) is 19.5 Å². The van der Waals surface area contributed by atoms with Gasteiger partial charge in [-0.2, -0.15) is 4.98 Å². The maximum absolute atomic E-state index is 12.2. The number of benzene rings is 1. The van der Waals surface area contributed by atoms with Crippen LogP contribution in [0.2, 0.25) is 0 Å². The third kappa shape index (κ3) is 4.90. The molecule has 200 valence electrons. The number of aliphatic hydroxyl groups is 1. The number of hydrogen-bond acceptors (Lipinski definition) is 10. The fourth-order valence-electron chi connectivity index (χ4n) is 4.37. The second-order valence-electron chi connectivity index (χ2n) is 8.94. The van der Waals surface area contributed by atoms with E-state index in [1.54, 1.807) is 53.6 Å². The monoisotopic (exact) mass is 535 g/mol. The van der Waals surface area contributed by atoms with E-state index in [2.05, 4.69) is 40.8 Å². The zero-order chi connectivity index (χ0) is 27.5. The molecule has 0 saturated heterocycles. The van der Waals surface area contributed by atoms with Gasteiger partial charge in [0.05, 0.1) is 29.3 Å². The molecule has 1 aromatic carbocycles. The van der Waals surface area contributed by atoms with Gasteiger partial charge in [-0.3, -0.25) is 19.6 Å². The standard InChI is InChI=1S/C28H25N9O3/c1-2-37-26-19(27(39)35-37)8-9-23(33-26)32-24-14-21(31-22(16-38)17-6-4-3-5-7-17)20(15-30-24)28-34-25(36-40-28)18-10-12-29-13-11-18/h3-15,22,38H,2,16H2,1H3,(H,35,39)(H2,30,31,32,33)/t22-/m1/s1. The number of aromatic nitrogens is 7. The summed E-state index contributed by atoms with van der Waals surface area (Å²) < 4.78 is 7.30. The minimum Gasteiger partial charge on any atom is -0.394 e. The van der Waals surface area contributed by atoms with E-state index in [-0.39, 0.29) is 18.1 Å². The lowest BCUT2D eigenvalue weighted by Crippen LogP contribution is -2.15. The van der Waals surface area contributed by atoms with Crippen LogP contribution in [0.3, 0.4) is 0 Å². The predicted molar refractivity (Wildman–Crippen MR) is 150 cm³/mol. The number of aryl methyl sites for hydroxylation is 1. The van der Waals surface area contributed by atoms with Crippen molar-refractivity contribution in [1.82, 2.24) is 34.9 Å². The molecular formula is C28H25N9O3. The van der Waals surface area contributed by atoms with Crippen LogP contribution in [0.25, 0.3) is 33.9 Å². The molecule has 6 aromatic rings. The van der Waals surface area contributed by atoms with Gasteiger partial charge in [0.1, 0.15) is 11.6 Å². The second kappa shape index (κ2) is 10.8. The van der Waals surface area contributed by atoms with Crippen LogP contribution in [0.5, 0.6) is 0 Å². The number of hydrogen-bond donors (Lipinski definition) is 4. The smallest absolute Gasteiger partial charge is 0.273 e. The summed E-state index contributed by atoms with van der Waals surface area (Å²) in [6.45, 7) is 2.35. The van der Waals surface area contributed by atoms with Crippen LogP contribution >= 0.6 is 0 Å². The molecular weight excluding hydrogens is 510 g/mol. The predicted octanol–water partition coefficient (Wildman–Crippen LogP) is 4.14. The van der Waals surface area contributed by atoms with Gasteiger partial charge in [0.25, 0.3) is 11.4 Å². The number of nitrogens with one attached hydrogen (secondary N) is 3. The van der Waals surface area contributed by atoms with Gasteiger partial charge in [-0.15, -0.1) is 0 Å². The lowest BCUT2D eigenvalue weighted by atomic mass is 10.1. The average Bonchev–Trinajstić information content (AvgIpc) is 3.61. The van der Waals surface area contributed by atoms with Gasteiger partial charge >= 0.3 is 0 Å². The van der Waals surface area contributed by atoms with Crippen LogP contribution in [0.4, 0.5) is 17.3 Å². The van der Waals surface area contributed by atoms with E-state index in [0.29, 0.717) is 46.3 Å². The molecule has 12 heteroatoms. The van der Waals surface area contributed by atoms with Crippen molar-refractivity contribution in [2.24, 2.45) is 0 Å². The first-order valence-corrected chi connectivity index (χ1v) is 12.7. The summed E-state index contributed by atoms with van der Waals surface area (Å²) in [7, 11) is 0. The lowest BCUT2D eigenvalue weighted by molar-refractivity contribution is 0.276. The molecule has 0 unspecified atom stereocenters. The van der Waals surface area contributed by atoms with Crippen LogP contribution in [0, 0.1) is 0 Å². The Labute approximate surface area is 227 Å². The molecule has 6 rings (SSSR count). The topological polar surface area (TPSA) is 160 Å². The zero-order valence-electron chi connectivity index (χ0n) is 21.4. The minimum atomic E-state index is -0.411. The summed E-state index contributed by atoms with van der Waals surface area (Å²) in [4.78, 5) is 30.0. The molecule has 0 radical (unpaired) electrons. The van der Waals surface area contributed by atoms with E-state index >= 15 is 0 Å². The van der Waals surface area contributed by atoms with Gasteiger partial charge in [0.15, 0.2) is 5.65 Å². The zero-order valence-corrected chi connectivity index (χ0v) is 21.4. The van der Waals surface area contributed by atoms with E-state index in [4.69, 9.17) is 4.52 Å². The molecule has 4 N–H and O–H groups in total. The van der Waals surface area contributed by atoms with Crippen molar-refractivity contribution in [1.29, 1.82) is 0 Å². The lowest BCUT2D eigenvalue weighted by Gasteiger charge is -2.20. The first-order chi connectivity index (χ1) is 19.6. The van der Waals surface area contributed by atoms with Crippen molar-refractivity contribution >= 4 is 28.4 Å². The van der Waals surface area contributed by atoms with Crippen LogP contribution in [0.1, 0.15) is 18.5 Å². The molecule has 1 atom stereocenters. The Hall–Kier alpha value is -5.36. The normalized spacial score (nSPS) is 11.9. The molecule has 5 aromatic heterocycles. The van der Waals surface area contributed by atoms with E-state index in [9.17, 15) is 9.90 Å². The first-order valence-electron chi connectivity index (χ1n) is 12.7.